The molecule has 2 aliphatic rings. The number of nitrogens with zero attached hydrogens (tertiary/aromatic N) is 2. The van der Waals surface area contributed by atoms with Gasteiger partial charge in [0.1, 0.15) is 5.82 Å². The highest BCUT2D eigenvalue weighted by atomic mass is 35.5. The van der Waals surface area contributed by atoms with Gasteiger partial charge in [-0.2, -0.15) is 0 Å². The largest absolute Gasteiger partial charge is 0.342 e. The summed E-state index contributed by atoms with van der Waals surface area (Å²) in [5.41, 5.74) is 5.91. The van der Waals surface area contributed by atoms with E-state index in [1.54, 1.807) is 12.1 Å². The summed E-state index contributed by atoms with van der Waals surface area (Å²) in [6.45, 7) is 1.21. The number of hydrogen-bond acceptors (Lipinski definition) is 4. The molecule has 0 radical (unpaired) electrons. The fourth-order valence-corrected chi connectivity index (χ4v) is 3.68. The number of anilines is 1. The van der Waals surface area contributed by atoms with Gasteiger partial charge in [-0.15, -0.1) is 24.8 Å². The molecule has 0 spiro atoms. The molecular weight excluding hydrogens is 399 g/mol. The molecule has 1 aromatic rings. The van der Waals surface area contributed by atoms with Crippen LogP contribution >= 0.6 is 36.4 Å². The van der Waals surface area contributed by atoms with Gasteiger partial charge in [0.15, 0.2) is 0 Å². The summed E-state index contributed by atoms with van der Waals surface area (Å²) in [5.74, 6) is 0.375. The van der Waals surface area contributed by atoms with Crippen molar-refractivity contribution in [2.75, 3.05) is 18.4 Å². The molecule has 6 nitrogen and oxygen atoms in total. The van der Waals surface area contributed by atoms with Crippen LogP contribution in [0.4, 0.5) is 5.82 Å². The zero-order valence-electron chi connectivity index (χ0n) is 14.4. The van der Waals surface area contributed by atoms with Gasteiger partial charge in [-0.1, -0.05) is 11.6 Å². The van der Waals surface area contributed by atoms with Gasteiger partial charge in [0.2, 0.25) is 11.8 Å². The highest BCUT2D eigenvalue weighted by molar-refractivity contribution is 6.30. The molecule has 0 bridgehead atoms. The molecule has 9 heteroatoms. The normalized spacial score (nSPS) is 25.0. The van der Waals surface area contributed by atoms with Crippen molar-refractivity contribution in [2.24, 2.45) is 17.6 Å². The Balaban J connectivity index is 0.00000169. The van der Waals surface area contributed by atoms with Crippen LogP contribution in [-0.2, 0) is 9.59 Å². The van der Waals surface area contributed by atoms with Crippen LogP contribution in [0.5, 0.6) is 0 Å². The minimum absolute atomic E-state index is 0. The van der Waals surface area contributed by atoms with Crippen molar-refractivity contribution in [3.05, 3.63) is 23.4 Å². The van der Waals surface area contributed by atoms with E-state index in [0.29, 0.717) is 17.4 Å². The van der Waals surface area contributed by atoms with E-state index < -0.39 is 0 Å². The number of carbonyl (C=O) groups is 2. The third-order valence-corrected chi connectivity index (χ3v) is 5.13. The highest BCUT2D eigenvalue weighted by Crippen LogP contribution is 2.28. The van der Waals surface area contributed by atoms with E-state index in [1.807, 2.05) is 4.90 Å². The standard InChI is InChI=1S/C17H23ClN4O2.2ClH/c18-13-4-6-15(20-9-13)21-16(23)12-2-1-7-22(10-12)17(24)11-3-5-14(19)8-11;;/h4,6,9,11-12,14H,1-3,5,7-8,10,19H2,(H,20,21,23);2*1H. The lowest BCUT2D eigenvalue weighted by molar-refractivity contribution is -0.138. The van der Waals surface area contributed by atoms with Crippen molar-refractivity contribution >= 4 is 54.0 Å². The maximum atomic E-state index is 12.6. The molecule has 2 heterocycles. The Bertz CT molecular complexity index is 615. The minimum Gasteiger partial charge on any atom is -0.342 e. The lowest BCUT2D eigenvalue weighted by atomic mass is 9.95. The summed E-state index contributed by atoms with van der Waals surface area (Å²) in [4.78, 5) is 31.0. The Kier molecular flexibility index (Phi) is 9.10. The van der Waals surface area contributed by atoms with Crippen molar-refractivity contribution in [2.45, 2.75) is 38.1 Å². The van der Waals surface area contributed by atoms with Crippen LogP contribution < -0.4 is 11.1 Å². The first-order chi connectivity index (χ1) is 11.5. The first-order valence-corrected chi connectivity index (χ1v) is 8.87. The smallest absolute Gasteiger partial charge is 0.230 e. The second kappa shape index (κ2) is 10.3. The van der Waals surface area contributed by atoms with E-state index in [2.05, 4.69) is 10.3 Å². The fourth-order valence-electron chi connectivity index (χ4n) is 3.57. The van der Waals surface area contributed by atoms with Crippen LogP contribution in [0.3, 0.4) is 0 Å². The molecule has 3 atom stereocenters. The summed E-state index contributed by atoms with van der Waals surface area (Å²) in [6.07, 6.45) is 5.67. The van der Waals surface area contributed by atoms with Gasteiger partial charge < -0.3 is 16.0 Å². The van der Waals surface area contributed by atoms with Crippen LogP contribution in [0.1, 0.15) is 32.1 Å². The van der Waals surface area contributed by atoms with Crippen LogP contribution in [0.15, 0.2) is 18.3 Å². The molecule has 2 amide bonds. The van der Waals surface area contributed by atoms with E-state index in [4.69, 9.17) is 17.3 Å². The maximum absolute atomic E-state index is 12.6. The molecule has 1 aromatic heterocycles. The summed E-state index contributed by atoms with van der Waals surface area (Å²) in [5, 5.41) is 3.33. The number of piperidine rings is 1. The Labute approximate surface area is 171 Å². The minimum atomic E-state index is -0.199. The SMILES string of the molecule is Cl.Cl.NC1CCC(C(=O)N2CCCC(C(=O)Nc3ccc(Cl)cn3)C2)C1. The molecule has 3 N–H and O–H groups in total. The first-order valence-electron chi connectivity index (χ1n) is 8.49. The van der Waals surface area contributed by atoms with Crippen molar-refractivity contribution in [3.8, 4) is 0 Å². The number of nitrogens with two attached hydrogens (primary N) is 1. The van der Waals surface area contributed by atoms with Crippen LogP contribution in [0.25, 0.3) is 0 Å². The molecule has 0 aromatic carbocycles. The van der Waals surface area contributed by atoms with Crippen LogP contribution in [0.2, 0.25) is 5.02 Å². The topological polar surface area (TPSA) is 88.3 Å². The molecule has 146 valence electrons. The van der Waals surface area contributed by atoms with Crippen molar-refractivity contribution < 1.29 is 9.59 Å². The fraction of sp³-hybridized carbons (Fsp3) is 0.588. The zero-order valence-corrected chi connectivity index (χ0v) is 16.8. The Morgan fingerprint density at radius 1 is 1.19 bits per heavy atom. The van der Waals surface area contributed by atoms with Gasteiger partial charge in [0, 0.05) is 31.2 Å². The maximum Gasteiger partial charge on any atom is 0.230 e. The lowest BCUT2D eigenvalue weighted by Gasteiger charge is -2.33. The van der Waals surface area contributed by atoms with E-state index in [-0.39, 0.29) is 54.5 Å². The second-order valence-electron chi connectivity index (χ2n) is 6.74. The molecule has 1 saturated heterocycles. The molecule has 2 fully saturated rings. The van der Waals surface area contributed by atoms with E-state index in [0.717, 1.165) is 38.6 Å². The van der Waals surface area contributed by atoms with Gasteiger partial charge in [-0.3, -0.25) is 9.59 Å². The molecule has 3 unspecified atom stereocenters. The molecule has 26 heavy (non-hydrogen) atoms. The van der Waals surface area contributed by atoms with Gasteiger partial charge >= 0.3 is 0 Å². The molecule has 1 aliphatic carbocycles. The number of aromatic nitrogens is 1. The van der Waals surface area contributed by atoms with E-state index in [9.17, 15) is 9.59 Å². The third kappa shape index (κ3) is 5.71. The Morgan fingerprint density at radius 3 is 2.58 bits per heavy atom. The average Bonchev–Trinajstić information content (AvgIpc) is 3.03. The predicted octanol–water partition coefficient (Wildman–Crippen LogP) is 2.88. The monoisotopic (exact) mass is 422 g/mol. The highest BCUT2D eigenvalue weighted by Gasteiger charge is 2.34. The van der Waals surface area contributed by atoms with Gasteiger partial charge in [-0.25, -0.2) is 4.98 Å². The first kappa shape index (κ1) is 23.0. The van der Waals surface area contributed by atoms with Crippen LogP contribution in [-0.4, -0.2) is 40.8 Å². The second-order valence-corrected chi connectivity index (χ2v) is 7.18. The number of likely N-dealkylation sites (tertiary alicyclic amines) is 1. The predicted molar refractivity (Wildman–Crippen MR) is 107 cm³/mol. The van der Waals surface area contributed by atoms with Crippen molar-refractivity contribution in [3.63, 3.8) is 0 Å². The number of nitrogens with one attached hydrogen (secondary N) is 1. The van der Waals surface area contributed by atoms with Gasteiger partial charge in [0.05, 0.1) is 10.9 Å². The number of carbonyl (C=O) groups excluding carboxylic acids is 2. The van der Waals surface area contributed by atoms with Crippen molar-refractivity contribution in [1.82, 2.24) is 9.88 Å². The van der Waals surface area contributed by atoms with Gasteiger partial charge in [-0.05, 0) is 44.2 Å². The van der Waals surface area contributed by atoms with E-state index in [1.165, 1.54) is 6.20 Å². The van der Waals surface area contributed by atoms with E-state index >= 15 is 0 Å². The summed E-state index contributed by atoms with van der Waals surface area (Å²) >= 11 is 5.80. The number of pyridine rings is 1. The zero-order chi connectivity index (χ0) is 17.1. The number of halogens is 3. The van der Waals surface area contributed by atoms with Gasteiger partial charge in [0.25, 0.3) is 0 Å². The molecule has 3 rings (SSSR count). The average molecular weight is 424 g/mol. The molecule has 1 saturated carbocycles. The lowest BCUT2D eigenvalue weighted by Crippen LogP contribution is -2.45. The quantitative estimate of drug-likeness (QED) is 0.782. The van der Waals surface area contributed by atoms with Crippen LogP contribution in [0, 0.1) is 11.8 Å². The Morgan fingerprint density at radius 2 is 1.96 bits per heavy atom. The molecular formula is C17H25Cl3N4O2. The Hall–Kier alpha value is -1.08. The molecule has 1 aliphatic heterocycles. The summed E-state index contributed by atoms with van der Waals surface area (Å²) in [7, 11) is 0. The summed E-state index contributed by atoms with van der Waals surface area (Å²) < 4.78 is 0. The number of amides is 2. The van der Waals surface area contributed by atoms with Crippen molar-refractivity contribution in [1.29, 1.82) is 0 Å². The summed E-state index contributed by atoms with van der Waals surface area (Å²) in [6, 6.07) is 3.50. The number of rotatable bonds is 3. The number of hydrogen-bond donors (Lipinski definition) is 2. The third-order valence-electron chi connectivity index (χ3n) is 4.90.